The number of hydrogen-bond donors (Lipinski definition) is 0. The van der Waals surface area contributed by atoms with E-state index in [1.807, 2.05) is 0 Å². The Kier molecular flexibility index (Phi) is 2.63. The number of likely N-dealkylation sites (N-methyl/N-ethyl adjacent to an activating group) is 1. The third kappa shape index (κ3) is 1.56. The van der Waals surface area contributed by atoms with Gasteiger partial charge in [0, 0.05) is 28.9 Å². The SMILES string of the molecule is CN1C2C=C(c3c(I)ccn3C)CC1CC2. The standard InChI is InChI=1S/C13H17IN2/c1-15-6-5-12(14)13(15)9-7-10-3-4-11(8-9)16(10)2/h5-7,10-11H,3-4,8H2,1-2H3. The molecule has 2 bridgehead atoms. The summed E-state index contributed by atoms with van der Waals surface area (Å²) < 4.78 is 3.65. The summed E-state index contributed by atoms with van der Waals surface area (Å²) in [5.74, 6) is 0. The summed E-state index contributed by atoms with van der Waals surface area (Å²) in [4.78, 5) is 2.54. The fraction of sp³-hybridized carbons (Fsp3) is 0.538. The number of fused-ring (bicyclic) bond motifs is 2. The number of halogens is 1. The summed E-state index contributed by atoms with van der Waals surface area (Å²) in [5.41, 5.74) is 2.99. The van der Waals surface area contributed by atoms with E-state index >= 15 is 0 Å². The van der Waals surface area contributed by atoms with Crippen LogP contribution in [0.15, 0.2) is 18.3 Å². The molecule has 3 heterocycles. The maximum Gasteiger partial charge on any atom is 0.0570 e. The average molecular weight is 328 g/mol. The summed E-state index contributed by atoms with van der Waals surface area (Å²) in [7, 11) is 4.42. The molecule has 0 radical (unpaired) electrons. The molecule has 86 valence electrons. The van der Waals surface area contributed by atoms with Gasteiger partial charge < -0.3 is 4.57 Å². The summed E-state index contributed by atoms with van der Waals surface area (Å²) in [6, 6.07) is 3.66. The van der Waals surface area contributed by atoms with E-state index in [4.69, 9.17) is 0 Å². The van der Waals surface area contributed by atoms with E-state index in [1.54, 1.807) is 5.57 Å². The third-order valence-electron chi connectivity index (χ3n) is 4.07. The number of hydrogen-bond acceptors (Lipinski definition) is 1. The van der Waals surface area contributed by atoms with Gasteiger partial charge in [0.25, 0.3) is 0 Å². The Labute approximate surface area is 110 Å². The van der Waals surface area contributed by atoms with Gasteiger partial charge in [-0.15, -0.1) is 0 Å². The zero-order valence-corrected chi connectivity index (χ0v) is 11.9. The van der Waals surface area contributed by atoms with Crippen LogP contribution in [0.2, 0.25) is 0 Å². The lowest BCUT2D eigenvalue weighted by Crippen LogP contribution is -2.34. The first-order valence-electron chi connectivity index (χ1n) is 5.90. The van der Waals surface area contributed by atoms with Gasteiger partial charge >= 0.3 is 0 Å². The van der Waals surface area contributed by atoms with Gasteiger partial charge in [-0.25, -0.2) is 0 Å². The Morgan fingerprint density at radius 3 is 2.75 bits per heavy atom. The summed E-state index contributed by atoms with van der Waals surface area (Å²) in [5, 5.41) is 0. The molecule has 2 aliphatic rings. The minimum Gasteiger partial charge on any atom is -0.350 e. The van der Waals surface area contributed by atoms with Crippen LogP contribution in [-0.2, 0) is 7.05 Å². The van der Waals surface area contributed by atoms with Crippen LogP contribution >= 0.6 is 22.6 Å². The Bertz CT molecular complexity index is 427. The zero-order valence-electron chi connectivity index (χ0n) is 9.78. The largest absolute Gasteiger partial charge is 0.350 e. The lowest BCUT2D eigenvalue weighted by atomic mass is 9.99. The second-order valence-corrected chi connectivity index (χ2v) is 6.15. The molecule has 0 saturated carbocycles. The summed E-state index contributed by atoms with van der Waals surface area (Å²) >= 11 is 2.45. The second kappa shape index (κ2) is 3.88. The van der Waals surface area contributed by atoms with Crippen LogP contribution in [0.25, 0.3) is 5.57 Å². The van der Waals surface area contributed by atoms with Gasteiger partial charge in [0.1, 0.15) is 0 Å². The van der Waals surface area contributed by atoms with Crippen LogP contribution < -0.4 is 0 Å². The van der Waals surface area contributed by atoms with Crippen molar-refractivity contribution in [2.45, 2.75) is 31.3 Å². The van der Waals surface area contributed by atoms with E-state index in [0.29, 0.717) is 6.04 Å². The molecular formula is C13H17IN2. The second-order valence-electron chi connectivity index (χ2n) is 4.98. The first kappa shape index (κ1) is 10.8. The molecule has 1 saturated heterocycles. The topological polar surface area (TPSA) is 8.17 Å². The van der Waals surface area contributed by atoms with Gasteiger partial charge in [-0.2, -0.15) is 0 Å². The normalized spacial score (nSPS) is 29.6. The van der Waals surface area contributed by atoms with Crippen molar-refractivity contribution in [2.24, 2.45) is 7.05 Å². The Morgan fingerprint density at radius 2 is 2.12 bits per heavy atom. The summed E-state index contributed by atoms with van der Waals surface area (Å²) in [6.45, 7) is 0. The van der Waals surface area contributed by atoms with Gasteiger partial charge in [-0.3, -0.25) is 4.90 Å². The quantitative estimate of drug-likeness (QED) is 0.720. The van der Waals surface area contributed by atoms with E-state index in [-0.39, 0.29) is 0 Å². The highest BCUT2D eigenvalue weighted by atomic mass is 127. The molecule has 1 aromatic rings. The Morgan fingerprint density at radius 1 is 1.31 bits per heavy atom. The lowest BCUT2D eigenvalue weighted by molar-refractivity contribution is 0.264. The molecule has 0 N–H and O–H groups in total. The van der Waals surface area contributed by atoms with Crippen LogP contribution in [0.4, 0.5) is 0 Å². The Balaban J connectivity index is 2.01. The van der Waals surface area contributed by atoms with E-state index in [1.165, 1.54) is 28.5 Å². The van der Waals surface area contributed by atoms with E-state index in [2.05, 4.69) is 64.5 Å². The van der Waals surface area contributed by atoms with Crippen molar-refractivity contribution in [3.63, 3.8) is 0 Å². The maximum absolute atomic E-state index is 2.54. The van der Waals surface area contributed by atoms with Gasteiger partial charge in [0.2, 0.25) is 0 Å². The highest BCUT2D eigenvalue weighted by molar-refractivity contribution is 14.1. The molecule has 2 aliphatic heterocycles. The average Bonchev–Trinajstić information content (AvgIpc) is 2.67. The fourth-order valence-corrected chi connectivity index (χ4v) is 3.98. The fourth-order valence-electron chi connectivity index (χ4n) is 3.10. The van der Waals surface area contributed by atoms with Crippen molar-refractivity contribution in [1.29, 1.82) is 0 Å². The van der Waals surface area contributed by atoms with Crippen LogP contribution in [0.1, 0.15) is 25.0 Å². The number of nitrogens with zero attached hydrogens (tertiary/aromatic N) is 2. The monoisotopic (exact) mass is 328 g/mol. The molecule has 1 fully saturated rings. The first-order chi connectivity index (χ1) is 7.66. The number of aromatic nitrogens is 1. The van der Waals surface area contributed by atoms with Crippen molar-refractivity contribution >= 4 is 28.2 Å². The molecular weight excluding hydrogens is 311 g/mol. The highest BCUT2D eigenvalue weighted by Gasteiger charge is 2.34. The first-order valence-corrected chi connectivity index (χ1v) is 6.98. The van der Waals surface area contributed by atoms with Gasteiger partial charge in [0.05, 0.1) is 5.69 Å². The molecule has 16 heavy (non-hydrogen) atoms. The maximum atomic E-state index is 2.54. The predicted octanol–water partition coefficient (Wildman–Crippen LogP) is 2.88. The number of rotatable bonds is 1. The van der Waals surface area contributed by atoms with E-state index in [0.717, 1.165) is 6.04 Å². The molecule has 2 atom stereocenters. The van der Waals surface area contributed by atoms with Gasteiger partial charge in [-0.1, -0.05) is 6.08 Å². The minimum absolute atomic E-state index is 0.680. The molecule has 3 heteroatoms. The van der Waals surface area contributed by atoms with Crippen molar-refractivity contribution < 1.29 is 0 Å². The highest BCUT2D eigenvalue weighted by Crippen LogP contribution is 2.38. The lowest BCUT2D eigenvalue weighted by Gasteiger charge is -2.30. The van der Waals surface area contributed by atoms with Crippen molar-refractivity contribution in [3.05, 3.63) is 27.6 Å². The van der Waals surface area contributed by atoms with E-state index < -0.39 is 0 Å². The number of aryl methyl sites for hydroxylation is 1. The van der Waals surface area contributed by atoms with Crippen molar-refractivity contribution in [1.82, 2.24) is 9.47 Å². The summed E-state index contributed by atoms with van der Waals surface area (Å²) in [6.07, 6.45) is 8.58. The van der Waals surface area contributed by atoms with Crippen LogP contribution in [0.3, 0.4) is 0 Å². The molecule has 2 nitrogen and oxygen atoms in total. The van der Waals surface area contributed by atoms with Crippen LogP contribution in [-0.4, -0.2) is 28.6 Å². The Hall–Kier alpha value is -0.290. The zero-order chi connectivity index (χ0) is 11.3. The van der Waals surface area contributed by atoms with Crippen LogP contribution in [0.5, 0.6) is 0 Å². The molecule has 2 unspecified atom stereocenters. The van der Waals surface area contributed by atoms with Crippen molar-refractivity contribution in [3.8, 4) is 0 Å². The predicted molar refractivity (Wildman–Crippen MR) is 75.3 cm³/mol. The van der Waals surface area contributed by atoms with Gasteiger partial charge in [-0.05, 0) is 60.5 Å². The molecule has 0 amide bonds. The van der Waals surface area contributed by atoms with Gasteiger partial charge in [0.15, 0.2) is 0 Å². The smallest absolute Gasteiger partial charge is 0.0570 e. The minimum atomic E-state index is 0.680. The molecule has 1 aromatic heterocycles. The molecule has 0 spiro atoms. The third-order valence-corrected chi connectivity index (χ3v) is 4.94. The molecule has 3 rings (SSSR count). The van der Waals surface area contributed by atoms with Crippen LogP contribution in [0, 0.1) is 3.57 Å². The molecule has 0 aromatic carbocycles. The van der Waals surface area contributed by atoms with E-state index in [9.17, 15) is 0 Å². The van der Waals surface area contributed by atoms with Crippen molar-refractivity contribution in [2.75, 3.05) is 7.05 Å². The molecule has 0 aliphatic carbocycles.